The molecular weight excluding hydrogens is 202 g/mol. The molecule has 0 aliphatic heterocycles. The summed E-state index contributed by atoms with van der Waals surface area (Å²) in [6.45, 7) is 0. The molecule has 5 heteroatoms. The number of hydrogen-bond acceptors (Lipinski definition) is 4. The third kappa shape index (κ3) is 6.91. The second kappa shape index (κ2) is 7.82. The number of nitrogens with two attached hydrogens (primary N) is 1. The average molecular weight is 219 g/mol. The minimum atomic E-state index is -0.865. The molecule has 0 aliphatic rings. The monoisotopic (exact) mass is 219 g/mol. The number of carboxylic acid groups (broad SMARTS) is 1. The van der Waals surface area contributed by atoms with E-state index in [1.54, 1.807) is 11.8 Å². The Morgan fingerprint density at radius 3 is 2.57 bits per heavy atom. The molecule has 14 heavy (non-hydrogen) atoms. The highest BCUT2D eigenvalue weighted by Gasteiger charge is 2.12. The van der Waals surface area contributed by atoms with E-state index in [4.69, 9.17) is 10.8 Å². The maximum Gasteiger partial charge on any atom is 0.303 e. The van der Waals surface area contributed by atoms with E-state index in [1.165, 1.54) is 0 Å². The summed E-state index contributed by atoms with van der Waals surface area (Å²) in [6.07, 6.45) is 3.35. The van der Waals surface area contributed by atoms with Crippen LogP contribution in [0.1, 0.15) is 25.7 Å². The number of Topliss-reactive ketones (excluding diaryl/α,β-unsaturated/α-hetero) is 1. The van der Waals surface area contributed by atoms with Gasteiger partial charge in [0.2, 0.25) is 0 Å². The third-order valence-corrected chi connectivity index (χ3v) is 2.50. The Hall–Kier alpha value is -0.550. The summed E-state index contributed by atoms with van der Waals surface area (Å²) in [5, 5.41) is 8.36. The van der Waals surface area contributed by atoms with Gasteiger partial charge in [0.1, 0.15) is 5.78 Å². The number of rotatable bonds is 8. The molecule has 0 aromatic carbocycles. The van der Waals surface area contributed by atoms with Crippen LogP contribution in [0, 0.1) is 0 Å². The second-order valence-corrected chi connectivity index (χ2v) is 4.09. The van der Waals surface area contributed by atoms with E-state index < -0.39 is 12.0 Å². The average Bonchev–Trinajstić information content (AvgIpc) is 2.13. The molecule has 0 aliphatic carbocycles. The molecule has 0 heterocycles. The van der Waals surface area contributed by atoms with Crippen LogP contribution in [0.2, 0.25) is 0 Å². The quantitative estimate of drug-likeness (QED) is 0.633. The lowest BCUT2D eigenvalue weighted by Crippen LogP contribution is -2.30. The maximum atomic E-state index is 11.3. The van der Waals surface area contributed by atoms with E-state index in [2.05, 4.69) is 0 Å². The summed E-state index contributed by atoms with van der Waals surface area (Å²) in [4.78, 5) is 21.5. The molecule has 0 saturated heterocycles. The van der Waals surface area contributed by atoms with Crippen LogP contribution in [0.3, 0.4) is 0 Å². The summed E-state index contributed by atoms with van der Waals surface area (Å²) in [5.74, 6) is -0.0259. The van der Waals surface area contributed by atoms with E-state index >= 15 is 0 Å². The van der Waals surface area contributed by atoms with Crippen molar-refractivity contribution in [1.82, 2.24) is 0 Å². The molecule has 0 saturated carbocycles. The minimum Gasteiger partial charge on any atom is -0.481 e. The first-order chi connectivity index (χ1) is 6.57. The first-order valence-electron chi connectivity index (χ1n) is 4.57. The molecule has 0 fully saturated rings. The van der Waals surface area contributed by atoms with Crippen molar-refractivity contribution in [2.75, 3.05) is 12.0 Å². The molecule has 0 amide bonds. The van der Waals surface area contributed by atoms with Crippen molar-refractivity contribution >= 4 is 23.5 Å². The zero-order valence-electron chi connectivity index (χ0n) is 8.36. The van der Waals surface area contributed by atoms with Gasteiger partial charge in [-0.2, -0.15) is 11.8 Å². The highest BCUT2D eigenvalue weighted by atomic mass is 32.2. The topological polar surface area (TPSA) is 80.4 Å². The Morgan fingerprint density at radius 2 is 2.07 bits per heavy atom. The fraction of sp³-hybridized carbons (Fsp3) is 0.778. The van der Waals surface area contributed by atoms with Crippen molar-refractivity contribution in [1.29, 1.82) is 0 Å². The fourth-order valence-electron chi connectivity index (χ4n) is 1.01. The predicted molar refractivity (Wildman–Crippen MR) is 57.5 cm³/mol. The molecule has 0 spiro atoms. The fourth-order valence-corrected chi connectivity index (χ4v) is 1.49. The van der Waals surface area contributed by atoms with Gasteiger partial charge < -0.3 is 10.8 Å². The maximum absolute atomic E-state index is 11.3. The highest BCUT2D eigenvalue weighted by molar-refractivity contribution is 7.98. The van der Waals surface area contributed by atoms with Crippen LogP contribution in [-0.4, -0.2) is 34.9 Å². The molecule has 0 unspecified atom stereocenters. The van der Waals surface area contributed by atoms with Crippen molar-refractivity contribution in [2.45, 2.75) is 31.7 Å². The largest absolute Gasteiger partial charge is 0.481 e. The van der Waals surface area contributed by atoms with Gasteiger partial charge in [0.25, 0.3) is 0 Å². The van der Waals surface area contributed by atoms with Crippen LogP contribution in [0.4, 0.5) is 0 Å². The minimum absolute atomic E-state index is 0.0275. The summed E-state index contributed by atoms with van der Waals surface area (Å²) >= 11 is 1.65. The van der Waals surface area contributed by atoms with Gasteiger partial charge in [-0.15, -0.1) is 0 Å². The highest BCUT2D eigenvalue weighted by Crippen LogP contribution is 2.04. The molecule has 4 nitrogen and oxygen atoms in total. The van der Waals surface area contributed by atoms with Crippen LogP contribution in [0.25, 0.3) is 0 Å². The van der Waals surface area contributed by atoms with Crippen molar-refractivity contribution in [3.8, 4) is 0 Å². The Kier molecular flexibility index (Phi) is 7.51. The predicted octanol–water partition coefficient (Wildman–Crippen LogP) is 0.891. The van der Waals surface area contributed by atoms with E-state index in [0.29, 0.717) is 12.8 Å². The van der Waals surface area contributed by atoms with Gasteiger partial charge in [-0.25, -0.2) is 0 Å². The molecule has 0 aromatic rings. The van der Waals surface area contributed by atoms with Crippen molar-refractivity contribution in [3.05, 3.63) is 0 Å². The van der Waals surface area contributed by atoms with E-state index in [9.17, 15) is 9.59 Å². The van der Waals surface area contributed by atoms with Crippen molar-refractivity contribution in [3.63, 3.8) is 0 Å². The first-order valence-corrected chi connectivity index (χ1v) is 5.96. The molecule has 1 atom stereocenters. The number of carbonyl (C=O) groups is 2. The van der Waals surface area contributed by atoms with Crippen LogP contribution < -0.4 is 5.73 Å². The van der Waals surface area contributed by atoms with Crippen LogP contribution >= 0.6 is 11.8 Å². The summed E-state index contributed by atoms with van der Waals surface area (Å²) in [7, 11) is 0. The van der Waals surface area contributed by atoms with Crippen molar-refractivity contribution < 1.29 is 14.7 Å². The molecule has 3 N–H and O–H groups in total. The van der Waals surface area contributed by atoms with Gasteiger partial charge in [0.05, 0.1) is 6.04 Å². The lowest BCUT2D eigenvalue weighted by molar-refractivity contribution is -0.137. The van der Waals surface area contributed by atoms with Crippen LogP contribution in [0.15, 0.2) is 0 Å². The Morgan fingerprint density at radius 1 is 1.43 bits per heavy atom. The first kappa shape index (κ1) is 13.4. The lowest BCUT2D eigenvalue weighted by Gasteiger charge is -2.08. The third-order valence-electron chi connectivity index (χ3n) is 1.86. The number of carbonyl (C=O) groups excluding carboxylic acids is 1. The molecule has 0 bridgehead atoms. The van der Waals surface area contributed by atoms with Gasteiger partial charge in [0.15, 0.2) is 0 Å². The molecule has 82 valence electrons. The summed E-state index contributed by atoms with van der Waals surface area (Å²) in [6, 6.07) is -0.420. The summed E-state index contributed by atoms with van der Waals surface area (Å²) < 4.78 is 0. The number of ketones is 1. The molecular formula is C9H17NO3S. The van der Waals surface area contributed by atoms with Gasteiger partial charge >= 0.3 is 5.97 Å². The van der Waals surface area contributed by atoms with Gasteiger partial charge in [-0.05, 0) is 24.9 Å². The number of aliphatic carboxylic acids is 1. The number of hydrogen-bond donors (Lipinski definition) is 2. The standard InChI is InChI=1S/C9H17NO3S/c1-14-6-5-7(10)8(11)3-2-4-9(12)13/h7H,2-6,10H2,1H3,(H,12,13)/t7-/m0/s1. The van der Waals surface area contributed by atoms with Crippen molar-refractivity contribution in [2.24, 2.45) is 5.73 Å². The summed E-state index contributed by atoms with van der Waals surface area (Å²) in [5.41, 5.74) is 5.61. The number of thioether (sulfide) groups is 1. The van der Waals surface area contributed by atoms with Gasteiger partial charge in [-0.1, -0.05) is 0 Å². The molecule has 0 rings (SSSR count). The Bertz CT molecular complexity index is 196. The lowest BCUT2D eigenvalue weighted by atomic mass is 10.1. The normalized spacial score (nSPS) is 12.4. The second-order valence-electron chi connectivity index (χ2n) is 3.10. The van der Waals surface area contributed by atoms with Gasteiger partial charge in [0, 0.05) is 12.8 Å². The zero-order chi connectivity index (χ0) is 11.0. The Balaban J connectivity index is 3.56. The van der Waals surface area contributed by atoms with Crippen LogP contribution in [0.5, 0.6) is 0 Å². The van der Waals surface area contributed by atoms with E-state index in [-0.39, 0.29) is 18.6 Å². The smallest absolute Gasteiger partial charge is 0.303 e. The van der Waals surface area contributed by atoms with Gasteiger partial charge in [-0.3, -0.25) is 9.59 Å². The van der Waals surface area contributed by atoms with E-state index in [0.717, 1.165) is 5.75 Å². The SMILES string of the molecule is CSCC[C@H](N)C(=O)CCCC(=O)O. The van der Waals surface area contributed by atoms with Crippen LogP contribution in [-0.2, 0) is 9.59 Å². The molecule has 0 radical (unpaired) electrons. The Labute approximate surface area is 88.2 Å². The number of carboxylic acids is 1. The van der Waals surface area contributed by atoms with E-state index in [1.807, 2.05) is 6.26 Å². The molecule has 0 aromatic heterocycles. The zero-order valence-corrected chi connectivity index (χ0v) is 9.18.